The Kier molecular flexibility index (Phi) is 4.04. The molecular weight excluding hydrogens is 207 g/mol. The molecule has 0 heterocycles. The molecule has 1 aromatic rings. The average Bonchev–Trinajstić information content (AvgIpc) is 2.16. The predicted molar refractivity (Wildman–Crippen MR) is 51.8 cm³/mol. The second kappa shape index (κ2) is 5.08. The van der Waals surface area contributed by atoms with Gasteiger partial charge < -0.3 is 5.11 Å². The summed E-state index contributed by atoms with van der Waals surface area (Å²) in [7, 11) is 0. The van der Waals surface area contributed by atoms with Gasteiger partial charge >= 0.3 is 0 Å². The number of carbonyl (C=O) groups is 1. The molecule has 0 amide bonds. The van der Waals surface area contributed by atoms with E-state index in [0.717, 1.165) is 0 Å². The Balaban J connectivity index is 2.71. The topological polar surface area (TPSA) is 37.3 Å². The summed E-state index contributed by atoms with van der Waals surface area (Å²) >= 11 is 5.74. The Hall–Kier alpha value is -0.930. The van der Waals surface area contributed by atoms with Crippen molar-refractivity contribution in [3.8, 4) is 0 Å². The number of hydrogen-bond acceptors (Lipinski definition) is 2. The minimum atomic E-state index is -0.508. The molecule has 76 valence electrons. The van der Waals surface area contributed by atoms with Crippen LogP contribution < -0.4 is 0 Å². The van der Waals surface area contributed by atoms with Gasteiger partial charge in [-0.3, -0.25) is 4.79 Å². The van der Waals surface area contributed by atoms with Crippen LogP contribution in [0.25, 0.3) is 0 Å². The number of aliphatic hydroxyl groups excluding tert-OH is 1. The molecule has 14 heavy (non-hydrogen) atoms. The van der Waals surface area contributed by atoms with Gasteiger partial charge in [-0.2, -0.15) is 0 Å². The van der Waals surface area contributed by atoms with E-state index >= 15 is 0 Å². The molecule has 0 spiro atoms. The molecule has 0 fully saturated rings. The van der Waals surface area contributed by atoms with Crippen molar-refractivity contribution >= 4 is 17.4 Å². The first-order valence-electron chi connectivity index (χ1n) is 4.20. The first kappa shape index (κ1) is 11.1. The van der Waals surface area contributed by atoms with Crippen LogP contribution in [0.2, 0.25) is 5.02 Å². The van der Waals surface area contributed by atoms with Crippen LogP contribution in [0.5, 0.6) is 0 Å². The van der Waals surface area contributed by atoms with Crippen molar-refractivity contribution in [3.05, 3.63) is 34.6 Å². The monoisotopic (exact) mass is 216 g/mol. The van der Waals surface area contributed by atoms with Crippen LogP contribution in [-0.2, 0) is 11.2 Å². The quantitative estimate of drug-likeness (QED) is 0.836. The van der Waals surface area contributed by atoms with Crippen molar-refractivity contribution in [1.29, 1.82) is 0 Å². The molecule has 0 saturated carbocycles. The van der Waals surface area contributed by atoms with E-state index in [4.69, 9.17) is 16.7 Å². The Morgan fingerprint density at radius 3 is 2.79 bits per heavy atom. The summed E-state index contributed by atoms with van der Waals surface area (Å²) in [5.74, 6) is -0.729. The minimum Gasteiger partial charge on any atom is -0.389 e. The summed E-state index contributed by atoms with van der Waals surface area (Å²) in [6.07, 6.45) is 0.335. The van der Waals surface area contributed by atoms with E-state index in [1.807, 2.05) is 0 Å². The summed E-state index contributed by atoms with van der Waals surface area (Å²) in [6, 6.07) is 4.38. The third kappa shape index (κ3) is 2.79. The zero-order chi connectivity index (χ0) is 10.6. The lowest BCUT2D eigenvalue weighted by Crippen LogP contribution is -2.06. The van der Waals surface area contributed by atoms with Crippen molar-refractivity contribution < 1.29 is 14.3 Å². The van der Waals surface area contributed by atoms with Crippen LogP contribution in [0, 0.1) is 5.82 Å². The van der Waals surface area contributed by atoms with Crippen molar-refractivity contribution in [3.63, 3.8) is 0 Å². The summed E-state index contributed by atoms with van der Waals surface area (Å²) in [5.41, 5.74) is 0.330. The van der Waals surface area contributed by atoms with Crippen LogP contribution in [-0.4, -0.2) is 17.5 Å². The van der Waals surface area contributed by atoms with Crippen LogP contribution in [0.4, 0.5) is 4.39 Å². The smallest absolute Gasteiger partial charge is 0.158 e. The molecule has 0 aromatic heterocycles. The zero-order valence-electron chi connectivity index (χ0n) is 7.46. The van der Waals surface area contributed by atoms with Gasteiger partial charge in [-0.05, 0) is 18.6 Å². The zero-order valence-corrected chi connectivity index (χ0v) is 8.22. The van der Waals surface area contributed by atoms with E-state index in [9.17, 15) is 9.18 Å². The molecule has 0 saturated heterocycles. The highest BCUT2D eigenvalue weighted by molar-refractivity contribution is 6.31. The van der Waals surface area contributed by atoms with E-state index < -0.39 is 12.4 Å². The molecular formula is C10H10ClFO2. The van der Waals surface area contributed by atoms with E-state index in [1.54, 1.807) is 6.07 Å². The third-order valence-electron chi connectivity index (χ3n) is 1.89. The number of Topliss-reactive ketones (excluding diaryl/α,β-unsaturated/α-hetero) is 1. The largest absolute Gasteiger partial charge is 0.389 e. The van der Waals surface area contributed by atoms with Crippen molar-refractivity contribution in [2.75, 3.05) is 6.61 Å². The highest BCUT2D eigenvalue weighted by Gasteiger charge is 2.08. The molecule has 1 N–H and O–H groups in total. The number of rotatable bonds is 4. The SMILES string of the molecule is O=C(CO)CCc1c(F)cccc1Cl. The molecule has 0 bridgehead atoms. The Bertz CT molecular complexity index is 319. The van der Waals surface area contributed by atoms with Crippen molar-refractivity contribution in [2.24, 2.45) is 0 Å². The van der Waals surface area contributed by atoms with E-state index in [0.29, 0.717) is 10.6 Å². The first-order chi connectivity index (χ1) is 6.65. The van der Waals surface area contributed by atoms with Gasteiger partial charge in [0, 0.05) is 17.0 Å². The fourth-order valence-electron chi connectivity index (χ4n) is 1.11. The second-order valence-electron chi connectivity index (χ2n) is 2.90. The lowest BCUT2D eigenvalue weighted by atomic mass is 10.1. The first-order valence-corrected chi connectivity index (χ1v) is 4.58. The normalized spacial score (nSPS) is 10.2. The molecule has 1 rings (SSSR count). The van der Waals surface area contributed by atoms with Gasteiger partial charge in [-0.25, -0.2) is 4.39 Å². The average molecular weight is 217 g/mol. The fourth-order valence-corrected chi connectivity index (χ4v) is 1.37. The van der Waals surface area contributed by atoms with Crippen molar-refractivity contribution in [2.45, 2.75) is 12.8 Å². The summed E-state index contributed by atoms with van der Waals surface area (Å²) in [4.78, 5) is 10.8. The molecule has 0 radical (unpaired) electrons. The maximum atomic E-state index is 13.1. The van der Waals surface area contributed by atoms with Gasteiger partial charge in [0.15, 0.2) is 5.78 Å². The van der Waals surface area contributed by atoms with E-state index in [-0.39, 0.29) is 18.6 Å². The lowest BCUT2D eigenvalue weighted by molar-refractivity contribution is -0.121. The molecule has 0 aliphatic rings. The third-order valence-corrected chi connectivity index (χ3v) is 2.25. The summed E-state index contributed by atoms with van der Waals surface area (Å²) < 4.78 is 13.1. The van der Waals surface area contributed by atoms with Gasteiger partial charge in [0.05, 0.1) is 0 Å². The number of halogens is 2. The number of ketones is 1. The van der Waals surface area contributed by atoms with E-state index in [1.165, 1.54) is 12.1 Å². The van der Waals surface area contributed by atoms with E-state index in [2.05, 4.69) is 0 Å². The summed E-state index contributed by atoms with van der Waals surface area (Å²) in [5, 5.41) is 8.79. The maximum Gasteiger partial charge on any atom is 0.158 e. The fraction of sp³-hybridized carbons (Fsp3) is 0.300. The molecule has 2 nitrogen and oxygen atoms in total. The molecule has 0 aliphatic heterocycles. The minimum absolute atomic E-state index is 0.108. The van der Waals surface area contributed by atoms with Crippen molar-refractivity contribution in [1.82, 2.24) is 0 Å². The maximum absolute atomic E-state index is 13.1. The number of aliphatic hydroxyl groups is 1. The number of benzene rings is 1. The van der Waals surface area contributed by atoms with Crippen LogP contribution >= 0.6 is 11.6 Å². The highest BCUT2D eigenvalue weighted by atomic mass is 35.5. The molecule has 0 unspecified atom stereocenters. The number of carbonyl (C=O) groups excluding carboxylic acids is 1. The molecule has 1 aromatic carbocycles. The number of hydrogen-bond donors (Lipinski definition) is 1. The van der Waals surface area contributed by atoms with Gasteiger partial charge in [0.2, 0.25) is 0 Å². The molecule has 0 aliphatic carbocycles. The van der Waals surface area contributed by atoms with Gasteiger partial charge in [-0.1, -0.05) is 17.7 Å². The van der Waals surface area contributed by atoms with Gasteiger partial charge in [-0.15, -0.1) is 0 Å². The summed E-state index contributed by atoms with van der Waals surface area (Å²) in [6.45, 7) is -0.508. The van der Waals surface area contributed by atoms with Gasteiger partial charge in [0.25, 0.3) is 0 Å². The standard InChI is InChI=1S/C10H10ClFO2/c11-9-2-1-3-10(12)8(9)5-4-7(14)6-13/h1-3,13H,4-6H2. The van der Waals surface area contributed by atoms with Gasteiger partial charge in [0.1, 0.15) is 12.4 Å². The predicted octanol–water partition coefficient (Wildman–Crippen LogP) is 1.97. The molecule has 4 heteroatoms. The van der Waals surface area contributed by atoms with Crippen LogP contribution in [0.1, 0.15) is 12.0 Å². The highest BCUT2D eigenvalue weighted by Crippen LogP contribution is 2.20. The Labute approximate surface area is 86.3 Å². The Morgan fingerprint density at radius 1 is 1.50 bits per heavy atom. The van der Waals surface area contributed by atoms with Crippen LogP contribution in [0.3, 0.4) is 0 Å². The second-order valence-corrected chi connectivity index (χ2v) is 3.30. The molecule has 0 atom stereocenters. The Morgan fingerprint density at radius 2 is 2.21 bits per heavy atom. The van der Waals surface area contributed by atoms with Crippen LogP contribution in [0.15, 0.2) is 18.2 Å². The lowest BCUT2D eigenvalue weighted by Gasteiger charge is -2.03.